The summed E-state index contributed by atoms with van der Waals surface area (Å²) in [6.07, 6.45) is 4.96. The lowest BCUT2D eigenvalue weighted by atomic mass is 9.72. The Morgan fingerprint density at radius 2 is 1.57 bits per heavy atom. The van der Waals surface area contributed by atoms with Crippen LogP contribution in [0.4, 0.5) is 0 Å². The van der Waals surface area contributed by atoms with Crippen molar-refractivity contribution in [2.75, 3.05) is 0 Å². The SMILES string of the molecule is OC(Cc1ccccc1Br)C1(c2ccccc2)CCCC1. The topological polar surface area (TPSA) is 20.2 Å². The molecule has 0 saturated heterocycles. The number of halogens is 1. The van der Waals surface area contributed by atoms with Crippen molar-refractivity contribution in [3.05, 3.63) is 70.2 Å². The van der Waals surface area contributed by atoms with Gasteiger partial charge in [0.25, 0.3) is 0 Å². The van der Waals surface area contributed by atoms with Crippen LogP contribution in [0.5, 0.6) is 0 Å². The second-order valence-electron chi connectivity index (χ2n) is 6.04. The molecule has 0 spiro atoms. The number of hydrogen-bond acceptors (Lipinski definition) is 1. The van der Waals surface area contributed by atoms with E-state index in [1.807, 2.05) is 24.3 Å². The molecular weight excluding hydrogens is 324 g/mol. The van der Waals surface area contributed by atoms with Gasteiger partial charge in [0.05, 0.1) is 6.10 Å². The van der Waals surface area contributed by atoms with Crippen LogP contribution in [0.2, 0.25) is 0 Å². The zero-order valence-corrected chi connectivity index (χ0v) is 13.7. The Bertz CT molecular complexity index is 588. The summed E-state index contributed by atoms with van der Waals surface area (Å²) < 4.78 is 1.09. The third kappa shape index (κ3) is 2.93. The summed E-state index contributed by atoms with van der Waals surface area (Å²) in [5.74, 6) is 0. The van der Waals surface area contributed by atoms with Gasteiger partial charge in [-0.3, -0.25) is 0 Å². The Hall–Kier alpha value is -1.12. The molecule has 1 fully saturated rings. The molecule has 0 amide bonds. The van der Waals surface area contributed by atoms with E-state index in [9.17, 15) is 5.11 Å². The number of hydrogen-bond donors (Lipinski definition) is 1. The highest BCUT2D eigenvalue weighted by atomic mass is 79.9. The largest absolute Gasteiger partial charge is 0.392 e. The molecule has 0 bridgehead atoms. The zero-order valence-electron chi connectivity index (χ0n) is 12.1. The van der Waals surface area contributed by atoms with Crippen LogP contribution in [0.25, 0.3) is 0 Å². The Balaban J connectivity index is 1.90. The summed E-state index contributed by atoms with van der Waals surface area (Å²) in [4.78, 5) is 0. The molecule has 3 rings (SSSR count). The predicted molar refractivity (Wildman–Crippen MR) is 90.4 cm³/mol. The van der Waals surface area contributed by atoms with Gasteiger partial charge >= 0.3 is 0 Å². The third-order valence-corrected chi connectivity index (χ3v) is 5.63. The normalized spacial score (nSPS) is 18.6. The summed E-state index contributed by atoms with van der Waals surface area (Å²) in [6.45, 7) is 0. The Labute approximate surface area is 135 Å². The summed E-state index contributed by atoms with van der Waals surface area (Å²) in [5, 5.41) is 11.0. The monoisotopic (exact) mass is 344 g/mol. The van der Waals surface area contributed by atoms with E-state index in [0.717, 1.165) is 17.3 Å². The molecule has 2 aromatic rings. The van der Waals surface area contributed by atoms with Crippen LogP contribution in [-0.4, -0.2) is 11.2 Å². The van der Waals surface area contributed by atoms with Crippen molar-refractivity contribution in [3.8, 4) is 0 Å². The van der Waals surface area contributed by atoms with Crippen LogP contribution >= 0.6 is 15.9 Å². The van der Waals surface area contributed by atoms with Crippen LogP contribution in [0, 0.1) is 0 Å². The standard InChI is InChI=1S/C19H21BrO/c20-17-11-5-4-8-15(17)14-18(21)19(12-6-7-13-19)16-9-2-1-3-10-16/h1-5,8-11,18,21H,6-7,12-14H2. The van der Waals surface area contributed by atoms with Gasteiger partial charge in [-0.05, 0) is 30.0 Å². The smallest absolute Gasteiger partial charge is 0.0677 e. The van der Waals surface area contributed by atoms with Crippen LogP contribution in [0.1, 0.15) is 36.8 Å². The van der Waals surface area contributed by atoms with Gasteiger partial charge in [0, 0.05) is 16.3 Å². The van der Waals surface area contributed by atoms with Crippen molar-refractivity contribution in [2.24, 2.45) is 0 Å². The fourth-order valence-electron chi connectivity index (χ4n) is 3.66. The lowest BCUT2D eigenvalue weighted by Gasteiger charge is -2.35. The number of aliphatic hydroxyl groups is 1. The van der Waals surface area contributed by atoms with E-state index in [2.05, 4.69) is 46.3 Å². The second-order valence-corrected chi connectivity index (χ2v) is 6.89. The van der Waals surface area contributed by atoms with Gasteiger partial charge in [0.2, 0.25) is 0 Å². The molecule has 0 aromatic heterocycles. The Morgan fingerprint density at radius 1 is 0.952 bits per heavy atom. The first-order chi connectivity index (χ1) is 10.2. The van der Waals surface area contributed by atoms with Crippen LogP contribution in [-0.2, 0) is 11.8 Å². The minimum absolute atomic E-state index is 0.0729. The van der Waals surface area contributed by atoms with Crippen LogP contribution in [0.3, 0.4) is 0 Å². The van der Waals surface area contributed by atoms with Gasteiger partial charge < -0.3 is 5.11 Å². The van der Waals surface area contributed by atoms with Crippen LogP contribution < -0.4 is 0 Å². The van der Waals surface area contributed by atoms with Gasteiger partial charge in [0.1, 0.15) is 0 Å². The van der Waals surface area contributed by atoms with Crippen LogP contribution in [0.15, 0.2) is 59.1 Å². The molecule has 1 atom stereocenters. The van der Waals surface area contributed by atoms with Gasteiger partial charge in [-0.1, -0.05) is 77.3 Å². The zero-order chi connectivity index (χ0) is 14.7. The number of benzene rings is 2. The Kier molecular flexibility index (Phi) is 4.46. The van der Waals surface area contributed by atoms with Crippen molar-refractivity contribution in [3.63, 3.8) is 0 Å². The first-order valence-electron chi connectivity index (χ1n) is 7.69. The summed E-state index contributed by atoms with van der Waals surface area (Å²) in [7, 11) is 0. The van der Waals surface area contributed by atoms with Crippen molar-refractivity contribution in [1.82, 2.24) is 0 Å². The molecular formula is C19H21BrO. The van der Waals surface area contributed by atoms with Crippen molar-refractivity contribution in [2.45, 2.75) is 43.6 Å². The molecule has 1 nitrogen and oxygen atoms in total. The van der Waals surface area contributed by atoms with Gasteiger partial charge in [-0.2, -0.15) is 0 Å². The maximum atomic E-state index is 11.0. The van der Waals surface area contributed by atoms with Gasteiger partial charge in [0.15, 0.2) is 0 Å². The van der Waals surface area contributed by atoms with Crippen molar-refractivity contribution >= 4 is 15.9 Å². The lowest BCUT2D eigenvalue weighted by molar-refractivity contribution is 0.0824. The lowest BCUT2D eigenvalue weighted by Crippen LogP contribution is -2.38. The summed E-state index contributed by atoms with van der Waals surface area (Å²) >= 11 is 3.60. The minimum Gasteiger partial charge on any atom is -0.392 e. The highest BCUT2D eigenvalue weighted by molar-refractivity contribution is 9.10. The first-order valence-corrected chi connectivity index (χ1v) is 8.49. The van der Waals surface area contributed by atoms with E-state index in [1.54, 1.807) is 0 Å². The molecule has 0 heterocycles. The minimum atomic E-state index is -0.332. The maximum Gasteiger partial charge on any atom is 0.0677 e. The van der Waals surface area contributed by atoms with Crippen molar-refractivity contribution < 1.29 is 5.11 Å². The highest BCUT2D eigenvalue weighted by Gasteiger charge is 2.41. The van der Waals surface area contributed by atoms with E-state index in [-0.39, 0.29) is 11.5 Å². The fourth-order valence-corrected chi connectivity index (χ4v) is 4.10. The third-order valence-electron chi connectivity index (χ3n) is 4.85. The molecule has 1 aliphatic carbocycles. The van der Waals surface area contributed by atoms with E-state index < -0.39 is 0 Å². The quantitative estimate of drug-likeness (QED) is 0.839. The maximum absolute atomic E-state index is 11.0. The number of rotatable bonds is 4. The first kappa shape index (κ1) is 14.8. The van der Waals surface area contributed by atoms with E-state index in [0.29, 0.717) is 6.42 Å². The van der Waals surface area contributed by atoms with Gasteiger partial charge in [-0.15, -0.1) is 0 Å². The average Bonchev–Trinajstić information content (AvgIpc) is 3.01. The molecule has 2 heteroatoms. The van der Waals surface area contributed by atoms with Gasteiger partial charge in [-0.25, -0.2) is 0 Å². The molecule has 1 unspecified atom stereocenters. The average molecular weight is 345 g/mol. The highest BCUT2D eigenvalue weighted by Crippen LogP contribution is 2.44. The molecule has 0 aliphatic heterocycles. The molecule has 21 heavy (non-hydrogen) atoms. The molecule has 2 aromatic carbocycles. The second kappa shape index (κ2) is 6.33. The molecule has 110 valence electrons. The fraction of sp³-hybridized carbons (Fsp3) is 0.368. The molecule has 1 aliphatic rings. The van der Waals surface area contributed by atoms with E-state index >= 15 is 0 Å². The summed E-state index contributed by atoms with van der Waals surface area (Å²) in [6, 6.07) is 18.8. The van der Waals surface area contributed by atoms with E-state index in [4.69, 9.17) is 0 Å². The number of aliphatic hydroxyl groups excluding tert-OH is 1. The molecule has 1 saturated carbocycles. The van der Waals surface area contributed by atoms with Crippen molar-refractivity contribution in [1.29, 1.82) is 0 Å². The predicted octanol–water partition coefficient (Wildman–Crippen LogP) is 4.86. The molecule has 0 radical (unpaired) electrons. The Morgan fingerprint density at radius 3 is 2.24 bits per heavy atom. The summed E-state index contributed by atoms with van der Waals surface area (Å²) in [5.41, 5.74) is 2.41. The van der Waals surface area contributed by atoms with E-state index in [1.165, 1.54) is 24.0 Å². The molecule has 1 N–H and O–H groups in total.